The van der Waals surface area contributed by atoms with Crippen LogP contribution in [0.25, 0.3) is 16.7 Å². The highest BCUT2D eigenvalue weighted by atomic mass is 35.5. The molecule has 4 aromatic rings. The summed E-state index contributed by atoms with van der Waals surface area (Å²) in [5.41, 5.74) is 2.56. The zero-order valence-corrected chi connectivity index (χ0v) is 15.6. The number of amides is 1. The number of halogens is 1. The average molecular weight is 381 g/mol. The van der Waals surface area contributed by atoms with Gasteiger partial charge in [-0.15, -0.1) is 0 Å². The Bertz CT molecular complexity index is 1090. The molecule has 0 fully saturated rings. The summed E-state index contributed by atoms with van der Waals surface area (Å²) in [7, 11) is 1.76. The van der Waals surface area contributed by atoms with Gasteiger partial charge in [0.25, 0.3) is 5.91 Å². The summed E-state index contributed by atoms with van der Waals surface area (Å²) in [5.74, 6) is 0.107. The Labute approximate surface area is 161 Å². The summed E-state index contributed by atoms with van der Waals surface area (Å²) in [6.07, 6.45) is 3.13. The van der Waals surface area contributed by atoms with Crippen LogP contribution in [0, 0.1) is 0 Å². The predicted octanol–water partition coefficient (Wildman–Crippen LogP) is 4.50. The third kappa shape index (κ3) is 3.31. The van der Waals surface area contributed by atoms with Crippen molar-refractivity contribution in [1.82, 2.24) is 19.7 Å². The van der Waals surface area contributed by atoms with Crippen molar-refractivity contribution in [2.75, 3.05) is 7.05 Å². The molecule has 7 heteroatoms. The van der Waals surface area contributed by atoms with Gasteiger partial charge < -0.3 is 9.32 Å². The molecular weight excluding hydrogens is 364 g/mol. The molecule has 0 saturated heterocycles. The maximum absolute atomic E-state index is 12.8. The molecule has 0 N–H and O–H groups in total. The van der Waals surface area contributed by atoms with Crippen LogP contribution in [0.5, 0.6) is 0 Å². The number of rotatable bonds is 4. The molecule has 4 rings (SSSR count). The van der Waals surface area contributed by atoms with Gasteiger partial charge in [-0.05, 0) is 48.9 Å². The number of fused-ring (bicyclic) bond motifs is 1. The van der Waals surface area contributed by atoms with Gasteiger partial charge in [-0.25, -0.2) is 9.67 Å². The molecule has 2 heterocycles. The minimum atomic E-state index is -0.185. The molecule has 0 saturated carbocycles. The second kappa shape index (κ2) is 6.89. The molecule has 2 aromatic heterocycles. The second-order valence-corrected chi connectivity index (χ2v) is 6.75. The molecule has 0 aliphatic carbocycles. The van der Waals surface area contributed by atoms with Crippen LogP contribution in [0.15, 0.2) is 65.6 Å². The van der Waals surface area contributed by atoms with Crippen LogP contribution in [-0.4, -0.2) is 32.6 Å². The molecular formula is C20H17ClN4O2. The number of carbonyl (C=O) groups excluding carboxylic acids is 1. The van der Waals surface area contributed by atoms with Crippen LogP contribution in [0.1, 0.15) is 29.1 Å². The van der Waals surface area contributed by atoms with Crippen LogP contribution >= 0.6 is 11.6 Å². The highest BCUT2D eigenvalue weighted by Crippen LogP contribution is 2.26. The van der Waals surface area contributed by atoms with Gasteiger partial charge in [-0.1, -0.05) is 23.7 Å². The molecule has 27 heavy (non-hydrogen) atoms. The third-order valence-corrected chi connectivity index (χ3v) is 4.88. The maximum atomic E-state index is 12.8. The van der Waals surface area contributed by atoms with E-state index in [0.717, 1.165) is 16.6 Å². The van der Waals surface area contributed by atoms with Crippen molar-refractivity contribution >= 4 is 28.5 Å². The molecule has 136 valence electrons. The molecule has 0 spiro atoms. The molecule has 0 radical (unpaired) electrons. The number of carbonyl (C=O) groups is 1. The van der Waals surface area contributed by atoms with E-state index in [1.54, 1.807) is 47.2 Å². The van der Waals surface area contributed by atoms with Gasteiger partial charge in [0.05, 0.1) is 11.7 Å². The lowest BCUT2D eigenvalue weighted by molar-refractivity contribution is 0.0713. The molecule has 2 aromatic carbocycles. The maximum Gasteiger partial charge on any atom is 0.289 e. The van der Waals surface area contributed by atoms with Gasteiger partial charge in [-0.3, -0.25) is 4.79 Å². The van der Waals surface area contributed by atoms with Crippen molar-refractivity contribution in [3.05, 3.63) is 77.5 Å². The second-order valence-electron chi connectivity index (χ2n) is 6.32. The molecule has 1 atom stereocenters. The van der Waals surface area contributed by atoms with E-state index in [0.29, 0.717) is 16.4 Å². The monoisotopic (exact) mass is 380 g/mol. The first-order chi connectivity index (χ1) is 13.0. The molecule has 1 amide bonds. The van der Waals surface area contributed by atoms with Crippen molar-refractivity contribution < 1.29 is 9.21 Å². The summed E-state index contributed by atoms with van der Waals surface area (Å²) >= 11 is 6.00. The topological polar surface area (TPSA) is 64.2 Å². The predicted molar refractivity (Wildman–Crippen MR) is 103 cm³/mol. The Morgan fingerprint density at radius 2 is 1.96 bits per heavy atom. The Morgan fingerprint density at radius 1 is 1.19 bits per heavy atom. The van der Waals surface area contributed by atoms with Crippen LogP contribution in [-0.2, 0) is 0 Å². The van der Waals surface area contributed by atoms with Gasteiger partial charge in [0.2, 0.25) is 0 Å². The zero-order valence-electron chi connectivity index (χ0n) is 14.8. The summed E-state index contributed by atoms with van der Waals surface area (Å²) < 4.78 is 7.38. The van der Waals surface area contributed by atoms with Crippen LogP contribution in [0.2, 0.25) is 5.02 Å². The summed E-state index contributed by atoms with van der Waals surface area (Å²) in [6, 6.07) is 14.7. The van der Waals surface area contributed by atoms with Gasteiger partial charge >= 0.3 is 0 Å². The minimum absolute atomic E-state index is 0.126. The number of hydrogen-bond acceptors (Lipinski definition) is 4. The van der Waals surface area contributed by atoms with Crippen molar-refractivity contribution in [3.63, 3.8) is 0 Å². The van der Waals surface area contributed by atoms with Crippen LogP contribution in [0.3, 0.4) is 0 Å². The lowest BCUT2D eigenvalue weighted by Crippen LogP contribution is -2.29. The van der Waals surface area contributed by atoms with Crippen LogP contribution < -0.4 is 0 Å². The molecule has 0 bridgehead atoms. The van der Waals surface area contributed by atoms with Gasteiger partial charge in [0, 0.05) is 17.5 Å². The van der Waals surface area contributed by atoms with E-state index in [1.807, 2.05) is 31.2 Å². The Hall–Kier alpha value is -3.12. The Balaban J connectivity index is 1.55. The largest absolute Gasteiger partial charge is 0.451 e. The van der Waals surface area contributed by atoms with Crippen molar-refractivity contribution in [3.8, 4) is 5.69 Å². The van der Waals surface area contributed by atoms with E-state index in [-0.39, 0.29) is 11.9 Å². The standard InChI is InChI=1S/C20H17ClN4O2/c1-13(14-3-6-17(7-4-14)25-12-22-11-23-25)24(2)20(26)19-10-15-9-16(21)5-8-18(15)27-19/h3-13H,1-2H3/t13-/m0/s1. The molecule has 0 aliphatic rings. The SMILES string of the molecule is C[C@@H](c1ccc(-n2cncn2)cc1)N(C)C(=O)c1cc2cc(Cl)ccc2o1. The fourth-order valence-corrected chi connectivity index (χ4v) is 3.12. The van der Waals surface area contributed by atoms with E-state index >= 15 is 0 Å². The summed E-state index contributed by atoms with van der Waals surface area (Å²) in [4.78, 5) is 18.4. The average Bonchev–Trinajstić information content (AvgIpc) is 3.36. The molecule has 0 unspecified atom stereocenters. The smallest absolute Gasteiger partial charge is 0.289 e. The molecule has 6 nitrogen and oxygen atoms in total. The quantitative estimate of drug-likeness (QED) is 0.523. The first kappa shape index (κ1) is 17.3. The lowest BCUT2D eigenvalue weighted by atomic mass is 10.1. The Morgan fingerprint density at radius 3 is 2.67 bits per heavy atom. The van der Waals surface area contributed by atoms with E-state index in [1.165, 1.54) is 6.33 Å². The van der Waals surface area contributed by atoms with Crippen LogP contribution in [0.4, 0.5) is 0 Å². The van der Waals surface area contributed by atoms with Gasteiger partial charge in [0.15, 0.2) is 5.76 Å². The van der Waals surface area contributed by atoms with E-state index in [2.05, 4.69) is 10.1 Å². The number of furan rings is 1. The third-order valence-electron chi connectivity index (χ3n) is 4.65. The first-order valence-corrected chi connectivity index (χ1v) is 8.82. The number of nitrogens with zero attached hydrogens (tertiary/aromatic N) is 4. The minimum Gasteiger partial charge on any atom is -0.451 e. The fraction of sp³-hybridized carbons (Fsp3) is 0.150. The van der Waals surface area contributed by atoms with Crippen molar-refractivity contribution in [2.45, 2.75) is 13.0 Å². The highest BCUT2D eigenvalue weighted by Gasteiger charge is 2.22. The zero-order chi connectivity index (χ0) is 19.0. The van der Waals surface area contributed by atoms with E-state index < -0.39 is 0 Å². The van der Waals surface area contributed by atoms with E-state index in [4.69, 9.17) is 16.0 Å². The van der Waals surface area contributed by atoms with Gasteiger partial charge in [-0.2, -0.15) is 5.10 Å². The summed E-state index contributed by atoms with van der Waals surface area (Å²) in [5, 5.41) is 5.53. The van der Waals surface area contributed by atoms with Crippen molar-refractivity contribution in [2.24, 2.45) is 0 Å². The summed E-state index contributed by atoms with van der Waals surface area (Å²) in [6.45, 7) is 1.97. The first-order valence-electron chi connectivity index (χ1n) is 8.44. The van der Waals surface area contributed by atoms with E-state index in [9.17, 15) is 4.79 Å². The lowest BCUT2D eigenvalue weighted by Gasteiger charge is -2.24. The molecule has 0 aliphatic heterocycles. The number of aromatic nitrogens is 3. The fourth-order valence-electron chi connectivity index (χ4n) is 2.94. The normalized spacial score (nSPS) is 12.3. The van der Waals surface area contributed by atoms with Crippen molar-refractivity contribution in [1.29, 1.82) is 0 Å². The van der Waals surface area contributed by atoms with Gasteiger partial charge in [0.1, 0.15) is 18.2 Å². The highest BCUT2D eigenvalue weighted by molar-refractivity contribution is 6.31. The Kier molecular flexibility index (Phi) is 4.41. The number of benzene rings is 2. The number of hydrogen-bond donors (Lipinski definition) is 0.